The fourth-order valence-corrected chi connectivity index (χ4v) is 1.90. The second-order valence-electron chi connectivity index (χ2n) is 3.47. The van der Waals surface area contributed by atoms with Crippen molar-refractivity contribution in [1.82, 2.24) is 0 Å². The zero-order chi connectivity index (χ0) is 11.3. The summed E-state index contributed by atoms with van der Waals surface area (Å²) < 4.78 is 5.17. The van der Waals surface area contributed by atoms with Gasteiger partial charge in [0.1, 0.15) is 0 Å². The Hall–Kier alpha value is -1.35. The van der Waals surface area contributed by atoms with Crippen LogP contribution in [0.5, 0.6) is 0 Å². The normalized spacial score (nSPS) is 10.1. The highest BCUT2D eigenvalue weighted by molar-refractivity contribution is 6.50. The third-order valence-corrected chi connectivity index (χ3v) is 2.89. The summed E-state index contributed by atoms with van der Waals surface area (Å²) in [6, 6.07) is 7.77. The molecule has 2 nitrogen and oxygen atoms in total. The molecule has 0 saturated heterocycles. The average Bonchev–Trinajstić information content (AvgIpc) is 2.26. The monoisotopic (exact) mass is 218 g/mol. The second-order valence-corrected chi connectivity index (χ2v) is 4.42. The third-order valence-electron chi connectivity index (χ3n) is 1.91. The maximum absolute atomic E-state index is 11.3. The molecule has 0 spiro atoms. The SMILES string of the molecule is C=Cc1ccccc1[Si]OC(=O)C(C)C. The molecule has 0 aliphatic rings. The van der Waals surface area contributed by atoms with Crippen LogP contribution in [-0.2, 0) is 9.22 Å². The molecule has 1 aromatic rings. The number of hydrogen-bond donors (Lipinski definition) is 0. The molecule has 78 valence electrons. The van der Waals surface area contributed by atoms with Crippen molar-refractivity contribution in [2.75, 3.05) is 0 Å². The highest BCUT2D eigenvalue weighted by Gasteiger charge is 2.10. The first-order chi connectivity index (χ1) is 7.15. The molecule has 0 N–H and O–H groups in total. The van der Waals surface area contributed by atoms with Crippen molar-refractivity contribution in [2.24, 2.45) is 5.92 Å². The summed E-state index contributed by atoms with van der Waals surface area (Å²) in [5.41, 5.74) is 1.02. The van der Waals surface area contributed by atoms with Crippen LogP contribution in [0.25, 0.3) is 6.08 Å². The minimum Gasteiger partial charge on any atom is -0.511 e. The summed E-state index contributed by atoms with van der Waals surface area (Å²) in [6.45, 7) is 7.37. The largest absolute Gasteiger partial charge is 0.511 e. The molecule has 3 heteroatoms. The molecule has 1 rings (SSSR count). The molecule has 0 unspecified atom stereocenters. The van der Waals surface area contributed by atoms with Gasteiger partial charge in [-0.2, -0.15) is 0 Å². The van der Waals surface area contributed by atoms with Crippen LogP contribution in [0.2, 0.25) is 0 Å². The van der Waals surface area contributed by atoms with E-state index >= 15 is 0 Å². The van der Waals surface area contributed by atoms with Crippen molar-refractivity contribution in [2.45, 2.75) is 13.8 Å². The van der Waals surface area contributed by atoms with E-state index in [2.05, 4.69) is 6.58 Å². The van der Waals surface area contributed by atoms with Gasteiger partial charge in [-0.1, -0.05) is 50.8 Å². The Morgan fingerprint density at radius 2 is 2.13 bits per heavy atom. The topological polar surface area (TPSA) is 26.3 Å². The molecule has 0 aliphatic heterocycles. The van der Waals surface area contributed by atoms with Gasteiger partial charge < -0.3 is 4.43 Å². The van der Waals surface area contributed by atoms with Crippen molar-refractivity contribution < 1.29 is 9.22 Å². The molecule has 0 heterocycles. The molecule has 0 atom stereocenters. The highest BCUT2D eigenvalue weighted by atomic mass is 28.2. The third kappa shape index (κ3) is 3.36. The van der Waals surface area contributed by atoms with Crippen molar-refractivity contribution in [3.63, 3.8) is 0 Å². The molecule has 0 aromatic heterocycles. The molecule has 0 amide bonds. The predicted molar refractivity (Wildman–Crippen MR) is 62.9 cm³/mol. The maximum Gasteiger partial charge on any atom is 0.355 e. The van der Waals surface area contributed by atoms with Crippen molar-refractivity contribution in [3.05, 3.63) is 36.4 Å². The molecule has 0 saturated carbocycles. The zero-order valence-electron chi connectivity index (χ0n) is 8.99. The van der Waals surface area contributed by atoms with Crippen LogP contribution >= 0.6 is 0 Å². The lowest BCUT2D eigenvalue weighted by Crippen LogP contribution is -2.25. The molecular weight excluding hydrogens is 204 g/mol. The quantitative estimate of drug-likeness (QED) is 0.720. The Bertz CT molecular complexity index is 358. The van der Waals surface area contributed by atoms with Crippen LogP contribution < -0.4 is 5.19 Å². The lowest BCUT2D eigenvalue weighted by molar-refractivity contribution is -0.137. The highest BCUT2D eigenvalue weighted by Crippen LogP contribution is 1.99. The van der Waals surface area contributed by atoms with E-state index in [0.717, 1.165) is 10.8 Å². The van der Waals surface area contributed by atoms with Crippen LogP contribution in [0.1, 0.15) is 19.4 Å². The molecule has 0 fully saturated rings. The summed E-state index contributed by atoms with van der Waals surface area (Å²) in [4.78, 5) is 11.3. The lowest BCUT2D eigenvalue weighted by Gasteiger charge is -2.07. The molecular formula is C12H14O2Si. The van der Waals surface area contributed by atoms with E-state index < -0.39 is 0 Å². The number of carbonyl (C=O) groups excluding carboxylic acids is 1. The number of carbonyl (C=O) groups is 1. The molecule has 2 radical (unpaired) electrons. The van der Waals surface area contributed by atoms with E-state index in [-0.39, 0.29) is 21.7 Å². The minimum atomic E-state index is -0.160. The van der Waals surface area contributed by atoms with Crippen molar-refractivity contribution >= 4 is 27.0 Å². The van der Waals surface area contributed by atoms with Gasteiger partial charge in [0.2, 0.25) is 0 Å². The van der Waals surface area contributed by atoms with Crippen LogP contribution in [0.4, 0.5) is 0 Å². The van der Waals surface area contributed by atoms with E-state index in [1.165, 1.54) is 0 Å². The van der Waals surface area contributed by atoms with Gasteiger partial charge in [0.25, 0.3) is 5.97 Å². The standard InChI is InChI=1S/C12H14O2Si/c1-4-10-7-5-6-8-11(10)15-14-12(13)9(2)3/h4-9H,1H2,2-3H3. The fourth-order valence-electron chi connectivity index (χ4n) is 0.991. The van der Waals surface area contributed by atoms with E-state index in [1.54, 1.807) is 6.08 Å². The summed E-state index contributed by atoms with van der Waals surface area (Å²) in [5, 5.41) is 1.02. The van der Waals surface area contributed by atoms with Crippen LogP contribution in [0.3, 0.4) is 0 Å². The smallest absolute Gasteiger partial charge is 0.355 e. The summed E-state index contributed by atoms with van der Waals surface area (Å²) in [7, 11) is 0.0625. The van der Waals surface area contributed by atoms with Crippen LogP contribution in [-0.4, -0.2) is 15.7 Å². The lowest BCUT2D eigenvalue weighted by atomic mass is 10.2. The maximum atomic E-state index is 11.3. The fraction of sp³-hybridized carbons (Fsp3) is 0.250. The van der Waals surface area contributed by atoms with Gasteiger partial charge in [-0.15, -0.1) is 0 Å². The molecule has 1 aromatic carbocycles. The van der Waals surface area contributed by atoms with E-state index in [9.17, 15) is 4.79 Å². The van der Waals surface area contributed by atoms with E-state index in [0.29, 0.717) is 0 Å². The van der Waals surface area contributed by atoms with Gasteiger partial charge in [-0.05, 0) is 10.8 Å². The Balaban J connectivity index is 2.65. The first-order valence-electron chi connectivity index (χ1n) is 4.83. The Labute approximate surface area is 92.9 Å². The Morgan fingerprint density at radius 3 is 2.73 bits per heavy atom. The number of benzene rings is 1. The number of rotatable bonds is 4. The second kappa shape index (κ2) is 5.51. The summed E-state index contributed by atoms with van der Waals surface area (Å²) >= 11 is 0. The average molecular weight is 218 g/mol. The first kappa shape index (κ1) is 11.7. The first-order valence-corrected chi connectivity index (χ1v) is 5.74. The molecule has 0 bridgehead atoms. The van der Waals surface area contributed by atoms with Gasteiger partial charge in [-0.25, -0.2) is 0 Å². The van der Waals surface area contributed by atoms with Crippen molar-refractivity contribution in [1.29, 1.82) is 0 Å². The van der Waals surface area contributed by atoms with Gasteiger partial charge in [0.15, 0.2) is 0 Å². The van der Waals surface area contributed by atoms with E-state index in [1.807, 2.05) is 38.1 Å². The van der Waals surface area contributed by atoms with Gasteiger partial charge in [0.05, 0.1) is 0 Å². The van der Waals surface area contributed by atoms with E-state index in [4.69, 9.17) is 4.43 Å². The number of hydrogen-bond acceptors (Lipinski definition) is 2. The Morgan fingerprint density at radius 1 is 1.47 bits per heavy atom. The Kier molecular flexibility index (Phi) is 4.30. The van der Waals surface area contributed by atoms with Crippen LogP contribution in [0.15, 0.2) is 30.8 Å². The molecule has 15 heavy (non-hydrogen) atoms. The summed E-state index contributed by atoms with van der Waals surface area (Å²) in [6.07, 6.45) is 1.77. The predicted octanol–water partition coefficient (Wildman–Crippen LogP) is 1.77. The van der Waals surface area contributed by atoms with Crippen molar-refractivity contribution in [3.8, 4) is 0 Å². The minimum absolute atomic E-state index is 0.0625. The zero-order valence-corrected chi connectivity index (χ0v) is 9.99. The molecule has 0 aliphatic carbocycles. The van der Waals surface area contributed by atoms with Gasteiger partial charge >= 0.3 is 9.76 Å². The summed E-state index contributed by atoms with van der Waals surface area (Å²) in [5.74, 6) is -0.236. The van der Waals surface area contributed by atoms with Crippen LogP contribution in [0, 0.1) is 5.92 Å². The van der Waals surface area contributed by atoms with Gasteiger partial charge in [0, 0.05) is 5.92 Å². The van der Waals surface area contributed by atoms with Gasteiger partial charge in [-0.3, -0.25) is 4.79 Å².